The molecule has 4 rings (SSSR count). The van der Waals surface area contributed by atoms with E-state index < -0.39 is 21.0 Å². The number of carbonyl (C=O) groups excluding carboxylic acids is 2. The molecule has 1 aromatic carbocycles. The Morgan fingerprint density at radius 3 is 2.36 bits per heavy atom. The number of H-pyrrole nitrogens is 1. The Bertz CT molecular complexity index is 1130. The van der Waals surface area contributed by atoms with Crippen molar-refractivity contribution in [1.82, 2.24) is 20.4 Å². The van der Waals surface area contributed by atoms with E-state index in [0.717, 1.165) is 36.1 Å². The van der Waals surface area contributed by atoms with E-state index in [1.807, 2.05) is 58.0 Å². The van der Waals surface area contributed by atoms with E-state index >= 15 is 0 Å². The lowest BCUT2D eigenvalue weighted by Gasteiger charge is -2.53. The Labute approximate surface area is 215 Å². The molecule has 1 saturated carbocycles. The maximum atomic E-state index is 13.7. The van der Waals surface area contributed by atoms with Crippen LogP contribution in [0.25, 0.3) is 0 Å². The van der Waals surface area contributed by atoms with Gasteiger partial charge in [0.2, 0.25) is 5.91 Å². The van der Waals surface area contributed by atoms with Crippen LogP contribution in [0.2, 0.25) is 0 Å². The number of fused-ring (bicyclic) bond motifs is 1. The van der Waals surface area contributed by atoms with Crippen molar-refractivity contribution in [2.75, 3.05) is 30.7 Å². The third-order valence-electron chi connectivity index (χ3n) is 8.28. The summed E-state index contributed by atoms with van der Waals surface area (Å²) in [4.78, 5) is 28.9. The third-order valence-corrected chi connectivity index (χ3v) is 11.2. The van der Waals surface area contributed by atoms with E-state index in [1.54, 1.807) is 4.90 Å². The summed E-state index contributed by atoms with van der Waals surface area (Å²) in [6, 6.07) is 9.12. The molecule has 0 radical (unpaired) electrons. The molecule has 1 aliphatic carbocycles. The van der Waals surface area contributed by atoms with Gasteiger partial charge in [0.15, 0.2) is 5.82 Å². The topological polar surface area (TPSA) is 110 Å². The second-order valence-corrected chi connectivity index (χ2v) is 16.6. The van der Waals surface area contributed by atoms with Crippen LogP contribution >= 0.6 is 10.0 Å². The van der Waals surface area contributed by atoms with Gasteiger partial charge in [-0.3, -0.25) is 9.89 Å². The molecule has 0 bridgehead atoms. The van der Waals surface area contributed by atoms with Gasteiger partial charge in [-0.1, -0.05) is 44.2 Å². The van der Waals surface area contributed by atoms with E-state index in [9.17, 15) is 14.7 Å². The zero-order valence-corrected chi connectivity index (χ0v) is 23.4. The molecule has 0 saturated heterocycles. The highest BCUT2D eigenvalue weighted by molar-refractivity contribution is 8.33. The van der Waals surface area contributed by atoms with Gasteiger partial charge in [-0.15, -0.1) is 0 Å². The molecular formula is C27H41N5O3S. The van der Waals surface area contributed by atoms with Gasteiger partial charge in [-0.05, 0) is 57.4 Å². The lowest BCUT2D eigenvalue weighted by Crippen LogP contribution is -2.51. The van der Waals surface area contributed by atoms with Gasteiger partial charge in [-0.2, -0.15) is 5.10 Å². The Kier molecular flexibility index (Phi) is 6.71. The van der Waals surface area contributed by atoms with Gasteiger partial charge >= 0.3 is 6.03 Å². The molecule has 2 aliphatic rings. The number of carbonyl (C=O) groups is 2. The summed E-state index contributed by atoms with van der Waals surface area (Å²) in [5, 5.41) is 23.9. The predicted octanol–water partition coefficient (Wildman–Crippen LogP) is 4.49. The highest BCUT2D eigenvalue weighted by Crippen LogP contribution is 2.60. The molecule has 198 valence electrons. The highest BCUT2D eigenvalue weighted by Gasteiger charge is 2.51. The van der Waals surface area contributed by atoms with Crippen LogP contribution in [0.4, 0.5) is 10.6 Å². The number of rotatable bonds is 7. The first-order valence-corrected chi connectivity index (χ1v) is 15.4. The lowest BCUT2D eigenvalue weighted by molar-refractivity contribution is -0.120. The van der Waals surface area contributed by atoms with Crippen molar-refractivity contribution in [3.8, 4) is 0 Å². The number of aromatic nitrogens is 2. The molecule has 4 N–H and O–H groups in total. The summed E-state index contributed by atoms with van der Waals surface area (Å²) in [7, 11) is -1.09. The molecule has 2 aromatic rings. The minimum absolute atomic E-state index is 0.0418. The van der Waals surface area contributed by atoms with E-state index in [2.05, 4.69) is 39.6 Å². The van der Waals surface area contributed by atoms with Crippen molar-refractivity contribution in [3.63, 3.8) is 0 Å². The minimum atomic E-state index is -1.09. The molecule has 1 aromatic heterocycles. The van der Waals surface area contributed by atoms with Crippen LogP contribution in [0, 0.1) is 5.41 Å². The maximum Gasteiger partial charge on any atom is 0.318 e. The van der Waals surface area contributed by atoms with Gasteiger partial charge in [0.25, 0.3) is 0 Å². The van der Waals surface area contributed by atoms with Crippen LogP contribution in [0.15, 0.2) is 30.3 Å². The molecule has 36 heavy (non-hydrogen) atoms. The Morgan fingerprint density at radius 2 is 1.83 bits per heavy atom. The van der Waals surface area contributed by atoms with Crippen molar-refractivity contribution < 1.29 is 14.7 Å². The fourth-order valence-electron chi connectivity index (χ4n) is 5.45. The van der Waals surface area contributed by atoms with Crippen molar-refractivity contribution in [2.24, 2.45) is 5.41 Å². The largest absolute Gasteiger partial charge is 0.396 e. The van der Waals surface area contributed by atoms with E-state index in [1.165, 1.54) is 0 Å². The van der Waals surface area contributed by atoms with Crippen LogP contribution in [-0.2, 0) is 16.9 Å². The second-order valence-electron chi connectivity index (χ2n) is 12.1. The number of urea groups is 1. The van der Waals surface area contributed by atoms with Gasteiger partial charge in [0.05, 0.1) is 35.2 Å². The molecule has 0 spiro atoms. The van der Waals surface area contributed by atoms with Crippen molar-refractivity contribution >= 4 is 27.8 Å². The van der Waals surface area contributed by atoms with Gasteiger partial charge < -0.3 is 20.6 Å². The molecule has 1 unspecified atom stereocenters. The second kappa shape index (κ2) is 9.10. The summed E-state index contributed by atoms with van der Waals surface area (Å²) < 4.78 is -0.317. The number of anilines is 1. The van der Waals surface area contributed by atoms with Crippen LogP contribution in [0.1, 0.15) is 69.8 Å². The zero-order valence-electron chi connectivity index (χ0n) is 22.6. The SMILES string of the molecule is CC(C)(CO)C(NC(=O)N1Cc2c(NC(=O)C3(S(C)(C)C)CCC3)n[nH]c2C1(C)C)c1ccccc1. The Balaban J connectivity index is 1.56. The highest BCUT2D eigenvalue weighted by atomic mass is 32.3. The molecular weight excluding hydrogens is 474 g/mol. The maximum absolute atomic E-state index is 13.7. The van der Waals surface area contributed by atoms with Crippen molar-refractivity contribution in [1.29, 1.82) is 0 Å². The quantitative estimate of drug-likeness (QED) is 0.436. The number of amides is 3. The van der Waals surface area contributed by atoms with Crippen LogP contribution in [0.3, 0.4) is 0 Å². The number of hydrogen-bond donors (Lipinski definition) is 4. The van der Waals surface area contributed by atoms with E-state index in [-0.39, 0.29) is 29.3 Å². The summed E-state index contributed by atoms with van der Waals surface area (Å²) in [6.45, 7) is 8.08. The average molecular weight is 516 g/mol. The summed E-state index contributed by atoms with van der Waals surface area (Å²) in [6.07, 6.45) is 9.49. The third kappa shape index (κ3) is 4.30. The molecule has 9 heteroatoms. The first-order valence-electron chi connectivity index (χ1n) is 12.6. The zero-order chi connectivity index (χ0) is 26.5. The molecule has 2 heterocycles. The molecule has 3 amide bonds. The summed E-state index contributed by atoms with van der Waals surface area (Å²) in [5.74, 6) is 0.559. The standard InChI is InChI=1S/C27H41N5O3S/c1-25(2,17-33)20(18-12-9-8-10-13-18)28-24(35)32-16-19-21(26(32,3)4)30-31-22(19)29-23(34)27(14-11-15-27)36(5,6)7/h8-10,12-13,20,33H,11,14-17H2,1-7H3,(H,28,35)(H2,29,30,31,34). The normalized spacial score (nSPS) is 19.7. The number of benzene rings is 1. The van der Waals surface area contributed by atoms with Crippen LogP contribution < -0.4 is 10.6 Å². The summed E-state index contributed by atoms with van der Waals surface area (Å²) >= 11 is 0. The number of aromatic amines is 1. The number of nitrogens with zero attached hydrogens (tertiary/aromatic N) is 2. The molecule has 1 fully saturated rings. The first-order chi connectivity index (χ1) is 16.7. The van der Waals surface area contributed by atoms with Gasteiger partial charge in [0.1, 0.15) is 0 Å². The number of hydrogen-bond acceptors (Lipinski definition) is 4. The molecule has 1 atom stereocenters. The fourth-order valence-corrected chi connectivity index (χ4v) is 7.57. The Hall–Kier alpha value is -2.52. The Morgan fingerprint density at radius 1 is 1.19 bits per heavy atom. The smallest absolute Gasteiger partial charge is 0.318 e. The summed E-state index contributed by atoms with van der Waals surface area (Å²) in [5.41, 5.74) is 1.40. The number of aliphatic hydroxyl groups is 1. The van der Waals surface area contributed by atoms with E-state index in [4.69, 9.17) is 0 Å². The molecule has 8 nitrogen and oxygen atoms in total. The average Bonchev–Trinajstić information content (AvgIpc) is 3.28. The van der Waals surface area contributed by atoms with Gasteiger partial charge in [0, 0.05) is 11.0 Å². The fraction of sp³-hybridized carbons (Fsp3) is 0.593. The van der Waals surface area contributed by atoms with Gasteiger partial charge in [-0.25, -0.2) is 14.8 Å². The number of nitrogens with one attached hydrogen (secondary N) is 3. The van der Waals surface area contributed by atoms with Crippen molar-refractivity contribution in [2.45, 2.75) is 69.8 Å². The molecule has 1 aliphatic heterocycles. The van der Waals surface area contributed by atoms with Crippen LogP contribution in [0.5, 0.6) is 0 Å². The number of aliphatic hydroxyl groups excluding tert-OH is 1. The monoisotopic (exact) mass is 515 g/mol. The van der Waals surface area contributed by atoms with Crippen LogP contribution in [-0.4, -0.2) is 62.3 Å². The van der Waals surface area contributed by atoms with E-state index in [0.29, 0.717) is 12.4 Å². The first kappa shape index (κ1) is 26.5. The minimum Gasteiger partial charge on any atom is -0.396 e. The lowest BCUT2D eigenvalue weighted by atomic mass is 9.81. The predicted molar refractivity (Wildman–Crippen MR) is 146 cm³/mol. The van der Waals surface area contributed by atoms with Crippen molar-refractivity contribution in [3.05, 3.63) is 47.2 Å².